The Balaban J connectivity index is 1.88. The Kier molecular flexibility index (Phi) is 4.86. The van der Waals surface area contributed by atoms with Gasteiger partial charge in [0.05, 0.1) is 6.61 Å². The van der Waals surface area contributed by atoms with Gasteiger partial charge in [-0.3, -0.25) is 4.98 Å². The molecule has 2 aromatic heterocycles. The topological polar surface area (TPSA) is 38.2 Å². The molecule has 2 rings (SSSR count). The number of pyridine rings is 2. The summed E-state index contributed by atoms with van der Waals surface area (Å²) < 4.78 is 5.59. The van der Waals surface area contributed by atoms with E-state index in [0.29, 0.717) is 12.5 Å². The molecule has 0 aliphatic carbocycles. The first-order chi connectivity index (χ1) is 9.25. The van der Waals surface area contributed by atoms with Crippen LogP contribution in [0.1, 0.15) is 6.42 Å². The number of hydrogen-bond donors (Lipinski definition) is 0. The minimum Gasteiger partial charge on any atom is -0.478 e. The average molecular weight is 257 g/mol. The molecule has 0 amide bonds. The molecule has 0 aromatic carbocycles. The van der Waals surface area contributed by atoms with E-state index in [0.717, 1.165) is 24.1 Å². The van der Waals surface area contributed by atoms with Crippen LogP contribution in [0.4, 0.5) is 0 Å². The summed E-state index contributed by atoms with van der Waals surface area (Å²) in [6, 6.07) is 7.84. The Morgan fingerprint density at radius 3 is 2.58 bits per heavy atom. The second-order valence-electron chi connectivity index (χ2n) is 4.63. The first-order valence-corrected chi connectivity index (χ1v) is 6.40. The quantitative estimate of drug-likeness (QED) is 0.745. The van der Waals surface area contributed by atoms with E-state index in [4.69, 9.17) is 4.74 Å². The van der Waals surface area contributed by atoms with Gasteiger partial charge in [-0.2, -0.15) is 0 Å². The van der Waals surface area contributed by atoms with Crippen LogP contribution in [0.25, 0.3) is 11.1 Å². The second kappa shape index (κ2) is 6.85. The van der Waals surface area contributed by atoms with Crippen LogP contribution < -0.4 is 4.74 Å². The molecular weight excluding hydrogens is 238 g/mol. The first-order valence-electron chi connectivity index (χ1n) is 6.40. The van der Waals surface area contributed by atoms with Crippen LogP contribution in [-0.4, -0.2) is 42.1 Å². The van der Waals surface area contributed by atoms with Crippen molar-refractivity contribution in [2.24, 2.45) is 0 Å². The van der Waals surface area contributed by atoms with Crippen molar-refractivity contribution >= 4 is 0 Å². The maximum Gasteiger partial charge on any atom is 0.213 e. The maximum absolute atomic E-state index is 5.59. The fourth-order valence-corrected chi connectivity index (χ4v) is 1.73. The van der Waals surface area contributed by atoms with Crippen LogP contribution in [0.3, 0.4) is 0 Å². The minimum absolute atomic E-state index is 0.673. The van der Waals surface area contributed by atoms with Gasteiger partial charge in [-0.1, -0.05) is 6.07 Å². The molecule has 100 valence electrons. The molecule has 4 heteroatoms. The van der Waals surface area contributed by atoms with Crippen LogP contribution in [0.2, 0.25) is 0 Å². The molecule has 0 bridgehead atoms. The normalized spacial score (nSPS) is 10.7. The molecule has 0 aliphatic heterocycles. The Hall–Kier alpha value is -1.94. The van der Waals surface area contributed by atoms with Crippen molar-refractivity contribution < 1.29 is 4.74 Å². The molecule has 19 heavy (non-hydrogen) atoms. The van der Waals surface area contributed by atoms with Crippen molar-refractivity contribution in [2.75, 3.05) is 27.2 Å². The fraction of sp³-hybridized carbons (Fsp3) is 0.333. The van der Waals surface area contributed by atoms with Gasteiger partial charge in [-0.15, -0.1) is 0 Å². The molecule has 0 fully saturated rings. The molecule has 0 atom stereocenters. The minimum atomic E-state index is 0.673. The zero-order chi connectivity index (χ0) is 13.5. The summed E-state index contributed by atoms with van der Waals surface area (Å²) in [6.07, 6.45) is 6.41. The van der Waals surface area contributed by atoms with Gasteiger partial charge in [0.2, 0.25) is 5.88 Å². The fourth-order valence-electron chi connectivity index (χ4n) is 1.73. The standard InChI is InChI=1S/C15H19N3O/c1-18(2)9-4-10-19-15-7-6-14(12-17-15)13-5-3-8-16-11-13/h3,5-8,11-12H,4,9-10H2,1-2H3. The van der Waals surface area contributed by atoms with Crippen LogP contribution in [0.15, 0.2) is 42.9 Å². The van der Waals surface area contributed by atoms with Crippen molar-refractivity contribution in [2.45, 2.75) is 6.42 Å². The van der Waals surface area contributed by atoms with E-state index in [9.17, 15) is 0 Å². The summed E-state index contributed by atoms with van der Waals surface area (Å²) in [6.45, 7) is 1.71. The van der Waals surface area contributed by atoms with Crippen LogP contribution in [-0.2, 0) is 0 Å². The van der Waals surface area contributed by atoms with Gasteiger partial charge < -0.3 is 9.64 Å². The molecule has 2 aromatic rings. The Labute approximate surface area is 114 Å². The highest BCUT2D eigenvalue weighted by Gasteiger charge is 2.00. The van der Waals surface area contributed by atoms with Gasteiger partial charge in [0, 0.05) is 42.3 Å². The summed E-state index contributed by atoms with van der Waals surface area (Å²) in [5.74, 6) is 0.673. The Morgan fingerprint density at radius 2 is 1.95 bits per heavy atom. The summed E-state index contributed by atoms with van der Waals surface area (Å²) in [5.41, 5.74) is 2.11. The number of aromatic nitrogens is 2. The third kappa shape index (κ3) is 4.34. The van der Waals surface area contributed by atoms with Crippen molar-refractivity contribution in [3.05, 3.63) is 42.9 Å². The van der Waals surface area contributed by atoms with Crippen molar-refractivity contribution in [3.63, 3.8) is 0 Å². The molecule has 2 heterocycles. The molecule has 0 N–H and O–H groups in total. The Morgan fingerprint density at radius 1 is 1.11 bits per heavy atom. The molecule has 0 saturated heterocycles. The summed E-state index contributed by atoms with van der Waals surface area (Å²) in [4.78, 5) is 10.5. The van der Waals surface area contributed by atoms with Gasteiger partial charge >= 0.3 is 0 Å². The van der Waals surface area contributed by atoms with E-state index < -0.39 is 0 Å². The molecular formula is C15H19N3O. The molecule has 0 spiro atoms. The van der Waals surface area contributed by atoms with E-state index in [-0.39, 0.29) is 0 Å². The van der Waals surface area contributed by atoms with E-state index in [1.54, 1.807) is 6.20 Å². The van der Waals surface area contributed by atoms with Gasteiger partial charge in [0.15, 0.2) is 0 Å². The lowest BCUT2D eigenvalue weighted by Crippen LogP contribution is -2.15. The zero-order valence-corrected chi connectivity index (χ0v) is 11.4. The van der Waals surface area contributed by atoms with Gasteiger partial charge in [0.25, 0.3) is 0 Å². The highest BCUT2D eigenvalue weighted by molar-refractivity contribution is 5.61. The SMILES string of the molecule is CN(C)CCCOc1ccc(-c2cccnc2)cn1. The number of nitrogens with zero attached hydrogens (tertiary/aromatic N) is 3. The zero-order valence-electron chi connectivity index (χ0n) is 11.4. The van der Waals surface area contributed by atoms with E-state index in [1.165, 1.54) is 0 Å². The third-order valence-corrected chi connectivity index (χ3v) is 2.73. The summed E-state index contributed by atoms with van der Waals surface area (Å²) >= 11 is 0. The predicted molar refractivity (Wildman–Crippen MR) is 76.1 cm³/mol. The predicted octanol–water partition coefficient (Wildman–Crippen LogP) is 2.47. The number of hydrogen-bond acceptors (Lipinski definition) is 4. The number of rotatable bonds is 6. The van der Waals surface area contributed by atoms with E-state index in [1.807, 2.05) is 36.7 Å². The van der Waals surface area contributed by atoms with Gasteiger partial charge in [0.1, 0.15) is 0 Å². The average Bonchev–Trinajstić information content (AvgIpc) is 2.45. The highest BCUT2D eigenvalue weighted by Crippen LogP contribution is 2.18. The highest BCUT2D eigenvalue weighted by atomic mass is 16.5. The smallest absolute Gasteiger partial charge is 0.213 e. The maximum atomic E-state index is 5.59. The molecule has 4 nitrogen and oxygen atoms in total. The number of ether oxygens (including phenoxy) is 1. The third-order valence-electron chi connectivity index (χ3n) is 2.73. The molecule has 0 radical (unpaired) electrons. The van der Waals surface area contributed by atoms with Crippen molar-refractivity contribution in [1.29, 1.82) is 0 Å². The van der Waals surface area contributed by atoms with Crippen LogP contribution in [0, 0.1) is 0 Å². The van der Waals surface area contributed by atoms with Crippen molar-refractivity contribution in [1.82, 2.24) is 14.9 Å². The lowest BCUT2D eigenvalue weighted by atomic mass is 10.1. The van der Waals surface area contributed by atoms with Gasteiger partial charge in [-0.25, -0.2) is 4.98 Å². The first kappa shape index (κ1) is 13.5. The van der Waals surface area contributed by atoms with Crippen LogP contribution in [0.5, 0.6) is 5.88 Å². The lowest BCUT2D eigenvalue weighted by molar-refractivity contribution is 0.273. The summed E-state index contributed by atoms with van der Waals surface area (Å²) in [5, 5.41) is 0. The van der Waals surface area contributed by atoms with Crippen molar-refractivity contribution in [3.8, 4) is 17.0 Å². The van der Waals surface area contributed by atoms with Crippen LogP contribution >= 0.6 is 0 Å². The van der Waals surface area contributed by atoms with E-state index in [2.05, 4.69) is 29.0 Å². The lowest BCUT2D eigenvalue weighted by Gasteiger charge is -2.10. The summed E-state index contributed by atoms with van der Waals surface area (Å²) in [7, 11) is 4.11. The van der Waals surface area contributed by atoms with Gasteiger partial charge in [-0.05, 0) is 32.6 Å². The molecule has 0 saturated carbocycles. The monoisotopic (exact) mass is 257 g/mol. The molecule has 0 aliphatic rings. The molecule has 0 unspecified atom stereocenters. The second-order valence-corrected chi connectivity index (χ2v) is 4.63. The van der Waals surface area contributed by atoms with E-state index >= 15 is 0 Å². The Bertz CT molecular complexity index is 483. The largest absolute Gasteiger partial charge is 0.478 e.